The molecule has 1 nitrogen and oxygen atoms in total. The van der Waals surface area contributed by atoms with E-state index in [-0.39, 0.29) is 5.54 Å². The van der Waals surface area contributed by atoms with Gasteiger partial charge in [0.1, 0.15) is 0 Å². The Bertz CT molecular complexity index is 540. The quantitative estimate of drug-likeness (QED) is 0.500. The van der Waals surface area contributed by atoms with Gasteiger partial charge in [-0.15, -0.1) is 0 Å². The monoisotopic (exact) mass is 385 g/mol. The second-order valence-corrected chi connectivity index (χ2v) is 21.0. The summed E-state index contributed by atoms with van der Waals surface area (Å²) >= 11 is 0. The Kier molecular flexibility index (Phi) is 7.58. The lowest BCUT2D eigenvalue weighted by Gasteiger charge is -2.49. The van der Waals surface area contributed by atoms with Crippen LogP contribution in [0, 0.1) is 11.8 Å². The fourth-order valence-electron chi connectivity index (χ4n) is 3.50. The summed E-state index contributed by atoms with van der Waals surface area (Å²) in [5, 5.41) is 0. The second-order valence-electron chi connectivity index (χ2n) is 9.11. The van der Waals surface area contributed by atoms with E-state index in [2.05, 4.69) is 90.2 Å². The second kappa shape index (κ2) is 8.27. The molecule has 1 rings (SSSR count). The molecule has 0 spiro atoms. The van der Waals surface area contributed by atoms with Crippen molar-refractivity contribution in [2.24, 2.45) is 17.6 Å². The number of nitrogens with two attached hydrogens (primary N) is 1. The van der Waals surface area contributed by atoms with E-state index in [1.165, 1.54) is 16.9 Å². The minimum atomic E-state index is -0.749. The fourth-order valence-corrected chi connectivity index (χ4v) is 6.93. The van der Waals surface area contributed by atoms with Crippen molar-refractivity contribution in [2.45, 2.75) is 63.8 Å². The molecule has 0 radical (unpaired) electrons. The number of hydrogen-bond acceptors (Lipinski definition) is 1. The molecule has 1 aromatic carbocycles. The summed E-state index contributed by atoms with van der Waals surface area (Å²) < 4.78 is 0. The van der Waals surface area contributed by atoms with Gasteiger partial charge in [-0.2, -0.15) is 9.06 Å². The van der Waals surface area contributed by atoms with Crippen LogP contribution in [0.15, 0.2) is 29.2 Å². The van der Waals surface area contributed by atoms with Gasteiger partial charge in [-0.25, -0.2) is 9.06 Å². The van der Waals surface area contributed by atoms with Crippen LogP contribution in [0.4, 0.5) is 0 Å². The highest BCUT2D eigenvalue weighted by molar-refractivity contribution is 9.07. The molecule has 148 valence electrons. The van der Waals surface area contributed by atoms with Crippen LogP contribution in [-0.2, 0) is 0 Å². The smallest absolute Gasteiger partial charge is 0.0195 e. The summed E-state index contributed by atoms with van der Waals surface area (Å²) in [6.45, 7) is 11.5. The highest BCUT2D eigenvalue weighted by Crippen LogP contribution is 2.76. The van der Waals surface area contributed by atoms with Gasteiger partial charge in [-0.3, -0.25) is 0 Å². The standard InChI is InChI=1S/C22H43NS2/c1-11-17(3)18(4)21(22(5,23)12-2)19-13-15-20(16-14-19)25(9,10)24(6,7)8/h13-18,21H,11-12,23H2,1-10H3. The van der Waals surface area contributed by atoms with Crippen molar-refractivity contribution in [3.05, 3.63) is 29.8 Å². The average molecular weight is 386 g/mol. The summed E-state index contributed by atoms with van der Waals surface area (Å²) in [5.74, 6) is 1.67. The lowest BCUT2D eigenvalue weighted by molar-refractivity contribution is 0.223. The summed E-state index contributed by atoms with van der Waals surface area (Å²) in [6, 6.07) is 9.54. The van der Waals surface area contributed by atoms with Crippen molar-refractivity contribution in [3.63, 3.8) is 0 Å². The highest BCUT2D eigenvalue weighted by atomic mass is 33.2. The van der Waals surface area contributed by atoms with Gasteiger partial charge in [0.15, 0.2) is 0 Å². The van der Waals surface area contributed by atoms with Crippen molar-refractivity contribution < 1.29 is 0 Å². The highest BCUT2D eigenvalue weighted by Gasteiger charge is 2.36. The summed E-state index contributed by atoms with van der Waals surface area (Å²) in [6.07, 6.45) is 14.5. The van der Waals surface area contributed by atoms with E-state index >= 15 is 0 Å². The molecule has 2 N–H and O–H groups in total. The molecule has 0 aliphatic heterocycles. The minimum Gasteiger partial charge on any atom is -0.325 e. The Hall–Kier alpha value is -0.120. The van der Waals surface area contributed by atoms with Crippen LogP contribution in [0.3, 0.4) is 0 Å². The van der Waals surface area contributed by atoms with Crippen molar-refractivity contribution in [2.75, 3.05) is 31.3 Å². The number of benzene rings is 1. The van der Waals surface area contributed by atoms with Gasteiger partial charge in [0.2, 0.25) is 0 Å². The van der Waals surface area contributed by atoms with Crippen molar-refractivity contribution in [1.82, 2.24) is 0 Å². The molecule has 1 aromatic rings. The molecule has 0 bridgehead atoms. The molecule has 25 heavy (non-hydrogen) atoms. The maximum Gasteiger partial charge on any atom is 0.0195 e. The third-order valence-electron chi connectivity index (χ3n) is 6.60. The molecule has 0 saturated carbocycles. The van der Waals surface area contributed by atoms with Crippen LogP contribution in [0.5, 0.6) is 0 Å². The van der Waals surface area contributed by atoms with E-state index in [0.717, 1.165) is 6.42 Å². The van der Waals surface area contributed by atoms with Gasteiger partial charge in [0, 0.05) is 11.5 Å². The molecular formula is C22H43NS2. The van der Waals surface area contributed by atoms with Crippen LogP contribution in [0.1, 0.15) is 58.9 Å². The molecule has 4 unspecified atom stereocenters. The first-order chi connectivity index (χ1) is 11.3. The van der Waals surface area contributed by atoms with Crippen LogP contribution < -0.4 is 5.73 Å². The first-order valence-electron chi connectivity index (χ1n) is 9.60. The summed E-state index contributed by atoms with van der Waals surface area (Å²) in [4.78, 5) is 1.53. The molecule has 4 atom stereocenters. The predicted molar refractivity (Wildman–Crippen MR) is 124 cm³/mol. The molecule has 0 saturated heterocycles. The zero-order valence-corrected chi connectivity index (χ0v) is 20.0. The van der Waals surface area contributed by atoms with E-state index in [1.54, 1.807) is 0 Å². The van der Waals surface area contributed by atoms with Gasteiger partial charge in [0.25, 0.3) is 0 Å². The predicted octanol–water partition coefficient (Wildman–Crippen LogP) is 6.61. The lowest BCUT2D eigenvalue weighted by atomic mass is 9.68. The molecule has 0 aliphatic carbocycles. The molecule has 3 heteroatoms. The Labute approximate surface area is 160 Å². The molecule has 0 amide bonds. The van der Waals surface area contributed by atoms with Crippen LogP contribution >= 0.6 is 18.1 Å². The van der Waals surface area contributed by atoms with Gasteiger partial charge in [-0.05, 0) is 79.1 Å². The molecule has 0 fully saturated rings. The molecule has 0 aliphatic rings. The van der Waals surface area contributed by atoms with Crippen molar-refractivity contribution in [3.8, 4) is 0 Å². The number of rotatable bonds is 8. The molecular weight excluding hydrogens is 342 g/mol. The van der Waals surface area contributed by atoms with E-state index < -0.39 is 18.1 Å². The van der Waals surface area contributed by atoms with Gasteiger partial charge >= 0.3 is 0 Å². The van der Waals surface area contributed by atoms with E-state index in [4.69, 9.17) is 5.73 Å². The Morgan fingerprint density at radius 2 is 1.44 bits per heavy atom. The minimum absolute atomic E-state index is 0.165. The fraction of sp³-hybridized carbons (Fsp3) is 0.727. The maximum absolute atomic E-state index is 6.79. The topological polar surface area (TPSA) is 26.0 Å². The zero-order valence-electron chi connectivity index (χ0n) is 18.3. The van der Waals surface area contributed by atoms with E-state index in [1.807, 2.05) is 0 Å². The third kappa shape index (κ3) is 4.99. The normalized spacial score (nSPS) is 20.4. The lowest BCUT2D eigenvalue weighted by Crippen LogP contribution is -2.45. The summed E-state index contributed by atoms with van der Waals surface area (Å²) in [7, 11) is -1.35. The third-order valence-corrected chi connectivity index (χ3v) is 18.6. The van der Waals surface area contributed by atoms with Crippen molar-refractivity contribution >= 4 is 18.1 Å². The first kappa shape index (κ1) is 22.9. The van der Waals surface area contributed by atoms with E-state index in [0.29, 0.717) is 17.8 Å². The Morgan fingerprint density at radius 1 is 0.960 bits per heavy atom. The number of hydrogen-bond donors (Lipinski definition) is 1. The van der Waals surface area contributed by atoms with Gasteiger partial charge in [0.05, 0.1) is 0 Å². The van der Waals surface area contributed by atoms with E-state index in [9.17, 15) is 0 Å². The molecule has 0 heterocycles. The first-order valence-corrected chi connectivity index (χ1v) is 15.4. The maximum atomic E-state index is 6.79. The summed E-state index contributed by atoms with van der Waals surface area (Å²) in [5.41, 5.74) is 8.04. The zero-order chi connectivity index (χ0) is 19.6. The van der Waals surface area contributed by atoms with Crippen LogP contribution in [0.25, 0.3) is 0 Å². The molecule has 0 aromatic heterocycles. The Morgan fingerprint density at radius 3 is 1.80 bits per heavy atom. The van der Waals surface area contributed by atoms with Crippen LogP contribution in [-0.4, -0.2) is 36.8 Å². The van der Waals surface area contributed by atoms with Gasteiger partial charge in [-0.1, -0.05) is 46.2 Å². The average Bonchev–Trinajstić information content (AvgIpc) is 2.53. The largest absolute Gasteiger partial charge is 0.325 e. The Balaban J connectivity index is 3.30. The van der Waals surface area contributed by atoms with Crippen LogP contribution in [0.2, 0.25) is 0 Å². The van der Waals surface area contributed by atoms with Crippen molar-refractivity contribution in [1.29, 1.82) is 0 Å². The van der Waals surface area contributed by atoms with Gasteiger partial charge < -0.3 is 5.73 Å². The SMILES string of the molecule is CCC(C)C(C)C(c1ccc(S(C)(C)S(C)(C)C)cc1)C(C)(N)CC.